The van der Waals surface area contributed by atoms with Gasteiger partial charge in [-0.1, -0.05) is 0 Å². The zero-order chi connectivity index (χ0) is 2.71. The second kappa shape index (κ2) is 20.3. The fourth-order valence-corrected chi connectivity index (χ4v) is 0. The average molecular weight is 53.1 g/mol. The Balaban J connectivity index is 0. The van der Waals surface area contributed by atoms with Crippen LogP contribution in [0.25, 0.3) is 0 Å². The van der Waals surface area contributed by atoms with Gasteiger partial charge >= 0.3 is 10.1 Å². The van der Waals surface area contributed by atoms with Gasteiger partial charge in [0.15, 0.2) is 0 Å². The van der Waals surface area contributed by atoms with Crippen molar-refractivity contribution >= 4 is 16.1 Å². The minimum absolute atomic E-state index is 0. The Morgan fingerprint density at radius 2 is 1.25 bits per heavy atom. The molecular formula is CH4BeN2. The topological polar surface area (TPSA) is 47.7 Å². The Bertz CT molecular complexity index is 27.0. The summed E-state index contributed by atoms with van der Waals surface area (Å²) >= 11 is 0. The molecule has 0 atom stereocenters. The van der Waals surface area contributed by atoms with Crippen LogP contribution in [0.2, 0.25) is 0 Å². The van der Waals surface area contributed by atoms with Crippen LogP contribution in [0.1, 0.15) is 0 Å². The standard InChI is InChI=1S/CH2N2.Be.2H/c2-1-3;;;/h2-3H;;;. The van der Waals surface area contributed by atoms with E-state index in [0.29, 0.717) is 0 Å². The molecule has 2 nitrogen and oxygen atoms in total. The molecule has 20 valence electrons. The first-order chi connectivity index (χ1) is 1.41. The second-order valence-corrected chi connectivity index (χ2v) is 0.125. The maximum absolute atomic E-state index is 5.62. The van der Waals surface area contributed by atoms with Gasteiger partial charge in [0.1, 0.15) is 0 Å². The molecule has 0 heterocycles. The van der Waals surface area contributed by atoms with Crippen molar-refractivity contribution in [3.63, 3.8) is 0 Å². The fraction of sp³-hybridized carbons (Fsp3) is 0. The molecule has 0 saturated carbocycles. The molecule has 0 spiro atoms. The number of hydrogen-bond acceptors (Lipinski definition) is 2. The van der Waals surface area contributed by atoms with Crippen LogP contribution in [0.3, 0.4) is 0 Å². The summed E-state index contributed by atoms with van der Waals surface area (Å²) in [4.78, 5) is 0. The summed E-state index contributed by atoms with van der Waals surface area (Å²) in [7, 11) is 0. The Kier molecular flexibility index (Phi) is 48.8. The zero-order valence-corrected chi connectivity index (χ0v) is 1.50. The number of hydrogen-bond donors (Lipinski definition) is 2. The Hall–Kier alpha value is -0.451. The number of nitrogens with one attached hydrogen (secondary N) is 2. The maximum atomic E-state index is 5.62. The zero-order valence-electron chi connectivity index (χ0n) is 1.50. The molecule has 0 saturated heterocycles. The Labute approximate surface area is 28.1 Å². The van der Waals surface area contributed by atoms with Crippen LogP contribution in [-0.2, 0) is 0 Å². The molecule has 0 fully saturated rings. The average Bonchev–Trinajstić information content (AvgIpc) is 0.918. The van der Waals surface area contributed by atoms with E-state index in [1.165, 1.54) is 6.01 Å². The third kappa shape index (κ3) is 2.29. The van der Waals surface area contributed by atoms with E-state index in [0.717, 1.165) is 0 Å². The molecule has 0 aliphatic heterocycles. The molecular weight excluding hydrogens is 49.0 g/mol. The van der Waals surface area contributed by atoms with Crippen molar-refractivity contribution in [3.8, 4) is 0 Å². The van der Waals surface area contributed by atoms with Crippen LogP contribution < -0.4 is 0 Å². The molecule has 4 heavy (non-hydrogen) atoms. The summed E-state index contributed by atoms with van der Waals surface area (Å²) < 4.78 is 0. The van der Waals surface area contributed by atoms with Crippen molar-refractivity contribution < 1.29 is 0 Å². The predicted molar refractivity (Wildman–Crippen MR) is 19.0 cm³/mol. The summed E-state index contributed by atoms with van der Waals surface area (Å²) in [6, 6.07) is 1.25. The van der Waals surface area contributed by atoms with Gasteiger partial charge in [0.05, 0.1) is 6.01 Å². The fourth-order valence-electron chi connectivity index (χ4n) is 0. The molecule has 0 radical (unpaired) electrons. The second-order valence-electron chi connectivity index (χ2n) is 0.125. The van der Waals surface area contributed by atoms with Crippen LogP contribution in [0.4, 0.5) is 0 Å². The van der Waals surface area contributed by atoms with E-state index in [4.69, 9.17) is 10.8 Å². The number of rotatable bonds is 0. The summed E-state index contributed by atoms with van der Waals surface area (Å²) in [5.41, 5.74) is 0. The Morgan fingerprint density at radius 1 is 1.25 bits per heavy atom. The molecule has 0 aromatic heterocycles. The molecule has 0 amide bonds. The molecule has 0 unspecified atom stereocenters. The van der Waals surface area contributed by atoms with E-state index < -0.39 is 0 Å². The van der Waals surface area contributed by atoms with Gasteiger partial charge in [-0.15, -0.1) is 0 Å². The monoisotopic (exact) mass is 53.0 g/mol. The molecule has 0 bridgehead atoms. The first-order valence-electron chi connectivity index (χ1n) is 0.500. The van der Waals surface area contributed by atoms with E-state index in [9.17, 15) is 0 Å². The van der Waals surface area contributed by atoms with E-state index in [2.05, 4.69) is 0 Å². The molecule has 0 rings (SSSR count). The van der Waals surface area contributed by atoms with Crippen molar-refractivity contribution in [2.24, 2.45) is 0 Å². The summed E-state index contributed by atoms with van der Waals surface area (Å²) in [5, 5.41) is 11.2. The van der Waals surface area contributed by atoms with Crippen LogP contribution in [0, 0.1) is 10.8 Å². The Morgan fingerprint density at radius 3 is 1.25 bits per heavy atom. The summed E-state index contributed by atoms with van der Waals surface area (Å²) in [5.74, 6) is 0. The van der Waals surface area contributed by atoms with Gasteiger partial charge in [0.2, 0.25) is 0 Å². The van der Waals surface area contributed by atoms with E-state index in [1.54, 1.807) is 0 Å². The van der Waals surface area contributed by atoms with Gasteiger partial charge < -0.3 is 0 Å². The molecule has 0 aromatic rings. The van der Waals surface area contributed by atoms with Crippen LogP contribution in [-0.4, -0.2) is 16.1 Å². The van der Waals surface area contributed by atoms with Crippen molar-refractivity contribution in [3.05, 3.63) is 0 Å². The van der Waals surface area contributed by atoms with Gasteiger partial charge in [-0.25, -0.2) is 10.8 Å². The van der Waals surface area contributed by atoms with Gasteiger partial charge in [-0.3, -0.25) is 0 Å². The first-order valence-corrected chi connectivity index (χ1v) is 0.500. The van der Waals surface area contributed by atoms with Crippen molar-refractivity contribution in [1.29, 1.82) is 10.8 Å². The van der Waals surface area contributed by atoms with Crippen LogP contribution in [0.15, 0.2) is 0 Å². The van der Waals surface area contributed by atoms with Gasteiger partial charge in [-0.2, -0.15) is 0 Å². The first kappa shape index (κ1) is 9.61. The van der Waals surface area contributed by atoms with Gasteiger partial charge in [-0.05, 0) is 0 Å². The van der Waals surface area contributed by atoms with Gasteiger partial charge in [0.25, 0.3) is 0 Å². The predicted octanol–water partition coefficient (Wildman–Crippen LogP) is -0.598. The van der Waals surface area contributed by atoms with Crippen molar-refractivity contribution in [2.75, 3.05) is 0 Å². The molecule has 3 heteroatoms. The van der Waals surface area contributed by atoms with Gasteiger partial charge in [0, 0.05) is 0 Å². The van der Waals surface area contributed by atoms with Crippen molar-refractivity contribution in [2.45, 2.75) is 0 Å². The van der Waals surface area contributed by atoms with E-state index >= 15 is 0 Å². The van der Waals surface area contributed by atoms with E-state index in [-0.39, 0.29) is 10.1 Å². The third-order valence-corrected chi connectivity index (χ3v) is 0. The van der Waals surface area contributed by atoms with Crippen molar-refractivity contribution in [1.82, 2.24) is 0 Å². The quantitative estimate of drug-likeness (QED) is 0.273. The molecule has 2 N–H and O–H groups in total. The molecule has 0 aliphatic rings. The van der Waals surface area contributed by atoms with Crippen LogP contribution >= 0.6 is 0 Å². The molecule has 0 aliphatic carbocycles. The van der Waals surface area contributed by atoms with E-state index in [1.807, 2.05) is 0 Å². The normalized spacial score (nSPS) is 2.00. The van der Waals surface area contributed by atoms with Crippen LogP contribution in [0.5, 0.6) is 0 Å². The summed E-state index contributed by atoms with van der Waals surface area (Å²) in [6.07, 6.45) is 0. The molecule has 0 aromatic carbocycles. The summed E-state index contributed by atoms with van der Waals surface area (Å²) in [6.45, 7) is 0. The third-order valence-electron chi connectivity index (χ3n) is 0. The minimum atomic E-state index is 0. The SMILES string of the molecule is N=C=N.[BeH2].